The lowest BCUT2D eigenvalue weighted by Gasteiger charge is -2.22. The number of rotatable bonds is 3. The summed E-state index contributed by atoms with van der Waals surface area (Å²) < 4.78 is 65.7. The zero-order valence-electron chi connectivity index (χ0n) is 10.3. The molecule has 0 heterocycles. The molecule has 0 bridgehead atoms. The van der Waals surface area contributed by atoms with E-state index < -0.39 is 38.4 Å². The van der Waals surface area contributed by atoms with Crippen molar-refractivity contribution in [3.8, 4) is 0 Å². The Bertz CT molecular complexity index is 612. The molecule has 1 fully saturated rings. The van der Waals surface area contributed by atoms with Gasteiger partial charge in [0.1, 0.15) is 23.2 Å². The SMILES string of the molecule is O=C1CCC(NS(=O)(=O)c2c(F)cc(F)cc2F)CC1. The molecule has 0 saturated heterocycles. The third-order valence-electron chi connectivity index (χ3n) is 3.10. The number of Topliss-reactive ketones (excluding diaryl/α,β-unsaturated/α-hetero) is 1. The van der Waals surface area contributed by atoms with Crippen LogP contribution in [0.3, 0.4) is 0 Å². The minimum atomic E-state index is -4.43. The van der Waals surface area contributed by atoms with E-state index in [-0.39, 0.29) is 31.5 Å². The average molecular weight is 307 g/mol. The van der Waals surface area contributed by atoms with Gasteiger partial charge < -0.3 is 0 Å². The molecule has 0 unspecified atom stereocenters. The topological polar surface area (TPSA) is 63.2 Å². The van der Waals surface area contributed by atoms with Gasteiger partial charge in [-0.25, -0.2) is 26.3 Å². The number of ketones is 1. The van der Waals surface area contributed by atoms with Gasteiger partial charge in [-0.2, -0.15) is 0 Å². The van der Waals surface area contributed by atoms with Gasteiger partial charge >= 0.3 is 0 Å². The first-order chi connectivity index (χ1) is 9.29. The standard InChI is InChI=1S/C12H12F3NO3S/c13-7-5-10(14)12(11(15)6-7)20(18,19)16-8-1-3-9(17)4-2-8/h5-6,8,16H,1-4H2. The van der Waals surface area contributed by atoms with Gasteiger partial charge in [-0.15, -0.1) is 0 Å². The van der Waals surface area contributed by atoms with Gasteiger partial charge in [-0.05, 0) is 12.8 Å². The fraction of sp³-hybridized carbons (Fsp3) is 0.417. The molecule has 0 aromatic heterocycles. The fourth-order valence-electron chi connectivity index (χ4n) is 2.12. The number of benzene rings is 1. The third-order valence-corrected chi connectivity index (χ3v) is 4.67. The lowest BCUT2D eigenvalue weighted by atomic mass is 9.95. The van der Waals surface area contributed by atoms with Crippen molar-refractivity contribution in [2.24, 2.45) is 0 Å². The van der Waals surface area contributed by atoms with Crippen molar-refractivity contribution in [1.82, 2.24) is 4.72 Å². The Morgan fingerprint density at radius 1 is 1.05 bits per heavy atom. The molecule has 0 radical (unpaired) electrons. The maximum Gasteiger partial charge on any atom is 0.246 e. The third kappa shape index (κ3) is 3.18. The number of carbonyl (C=O) groups is 1. The average Bonchev–Trinajstić information content (AvgIpc) is 2.30. The minimum absolute atomic E-state index is 0.0274. The Kier molecular flexibility index (Phi) is 4.14. The zero-order valence-corrected chi connectivity index (χ0v) is 11.1. The number of carbonyl (C=O) groups excluding carboxylic acids is 1. The van der Waals surface area contributed by atoms with Gasteiger partial charge in [0.15, 0.2) is 4.90 Å². The highest BCUT2D eigenvalue weighted by Crippen LogP contribution is 2.22. The number of halogens is 3. The number of sulfonamides is 1. The summed E-state index contributed by atoms with van der Waals surface area (Å²) in [5.41, 5.74) is 0. The van der Waals surface area contributed by atoms with Crippen LogP contribution in [0.2, 0.25) is 0 Å². The van der Waals surface area contributed by atoms with Crippen LogP contribution in [0.1, 0.15) is 25.7 Å². The van der Waals surface area contributed by atoms with E-state index in [1.165, 1.54) is 0 Å². The Hall–Kier alpha value is -1.41. The second-order valence-electron chi connectivity index (χ2n) is 4.63. The summed E-state index contributed by atoms with van der Waals surface area (Å²) in [5, 5.41) is 0. The summed E-state index contributed by atoms with van der Waals surface area (Å²) in [7, 11) is -4.43. The normalized spacial score (nSPS) is 17.4. The van der Waals surface area contributed by atoms with E-state index in [0.717, 1.165) is 0 Å². The smallest absolute Gasteiger partial charge is 0.246 e. The molecule has 0 amide bonds. The molecule has 4 nitrogen and oxygen atoms in total. The molecule has 1 aromatic carbocycles. The lowest BCUT2D eigenvalue weighted by Crippen LogP contribution is -2.38. The summed E-state index contributed by atoms with van der Waals surface area (Å²) >= 11 is 0. The molecule has 8 heteroatoms. The van der Waals surface area contributed by atoms with E-state index in [9.17, 15) is 26.4 Å². The minimum Gasteiger partial charge on any atom is -0.300 e. The molecule has 0 atom stereocenters. The quantitative estimate of drug-likeness (QED) is 0.927. The van der Waals surface area contributed by atoms with Crippen molar-refractivity contribution >= 4 is 15.8 Å². The van der Waals surface area contributed by atoms with Crippen LogP contribution in [-0.2, 0) is 14.8 Å². The molecule has 110 valence electrons. The van der Waals surface area contributed by atoms with Crippen LogP contribution in [0, 0.1) is 17.5 Å². The molecule has 2 rings (SSSR count). The zero-order chi connectivity index (χ0) is 14.9. The van der Waals surface area contributed by atoms with Crippen LogP contribution in [0.4, 0.5) is 13.2 Å². The lowest BCUT2D eigenvalue weighted by molar-refractivity contribution is -0.120. The van der Waals surface area contributed by atoms with E-state index >= 15 is 0 Å². The second-order valence-corrected chi connectivity index (χ2v) is 6.28. The Balaban J connectivity index is 2.25. The van der Waals surface area contributed by atoms with Gasteiger partial charge in [0.2, 0.25) is 10.0 Å². The van der Waals surface area contributed by atoms with Crippen molar-refractivity contribution in [3.05, 3.63) is 29.6 Å². The summed E-state index contributed by atoms with van der Waals surface area (Å²) in [5.74, 6) is -4.13. The van der Waals surface area contributed by atoms with Crippen molar-refractivity contribution < 1.29 is 26.4 Å². The van der Waals surface area contributed by atoms with Crippen molar-refractivity contribution in [1.29, 1.82) is 0 Å². The summed E-state index contributed by atoms with van der Waals surface area (Å²) in [6.45, 7) is 0. The molecule has 0 spiro atoms. The molecule has 0 aliphatic heterocycles. The van der Waals surface area contributed by atoms with Crippen LogP contribution in [0.15, 0.2) is 17.0 Å². The van der Waals surface area contributed by atoms with Crippen molar-refractivity contribution in [2.45, 2.75) is 36.6 Å². The maximum absolute atomic E-state index is 13.5. The van der Waals surface area contributed by atoms with Crippen LogP contribution < -0.4 is 4.72 Å². The summed E-state index contributed by atoms with van der Waals surface area (Å²) in [4.78, 5) is 9.85. The van der Waals surface area contributed by atoms with Crippen LogP contribution in [0.25, 0.3) is 0 Å². The first-order valence-electron chi connectivity index (χ1n) is 5.98. The highest BCUT2D eigenvalue weighted by molar-refractivity contribution is 7.89. The molecular formula is C12H12F3NO3S. The van der Waals surface area contributed by atoms with Crippen LogP contribution in [-0.4, -0.2) is 20.2 Å². The van der Waals surface area contributed by atoms with Crippen LogP contribution in [0.5, 0.6) is 0 Å². The predicted molar refractivity (Wildman–Crippen MR) is 63.9 cm³/mol. The summed E-state index contributed by atoms with van der Waals surface area (Å²) in [6, 6.07) is 0.0610. The van der Waals surface area contributed by atoms with Gasteiger partial charge in [0.05, 0.1) is 0 Å². The molecular weight excluding hydrogens is 295 g/mol. The number of hydrogen-bond acceptors (Lipinski definition) is 3. The number of hydrogen-bond donors (Lipinski definition) is 1. The first-order valence-corrected chi connectivity index (χ1v) is 7.46. The molecule has 1 aromatic rings. The molecule has 1 saturated carbocycles. The Morgan fingerprint density at radius 2 is 1.55 bits per heavy atom. The Labute approximate surface area is 114 Å². The van der Waals surface area contributed by atoms with Gasteiger partial charge in [-0.3, -0.25) is 4.79 Å². The van der Waals surface area contributed by atoms with Crippen molar-refractivity contribution in [3.63, 3.8) is 0 Å². The van der Waals surface area contributed by atoms with E-state index in [1.54, 1.807) is 0 Å². The van der Waals surface area contributed by atoms with E-state index in [0.29, 0.717) is 12.1 Å². The van der Waals surface area contributed by atoms with E-state index in [4.69, 9.17) is 0 Å². The van der Waals surface area contributed by atoms with Gasteiger partial charge in [0.25, 0.3) is 0 Å². The predicted octanol–water partition coefficient (Wildman–Crippen LogP) is 1.89. The molecule has 1 aliphatic carbocycles. The second kappa shape index (κ2) is 5.53. The van der Waals surface area contributed by atoms with Gasteiger partial charge in [0, 0.05) is 31.0 Å². The molecule has 1 aliphatic rings. The number of nitrogens with one attached hydrogen (secondary N) is 1. The highest BCUT2D eigenvalue weighted by atomic mass is 32.2. The molecule has 20 heavy (non-hydrogen) atoms. The molecule has 1 N–H and O–H groups in total. The largest absolute Gasteiger partial charge is 0.300 e. The van der Waals surface area contributed by atoms with Gasteiger partial charge in [-0.1, -0.05) is 0 Å². The first kappa shape index (κ1) is 15.0. The van der Waals surface area contributed by atoms with E-state index in [1.807, 2.05) is 0 Å². The fourth-order valence-corrected chi connectivity index (χ4v) is 3.55. The highest BCUT2D eigenvalue weighted by Gasteiger charge is 2.29. The van der Waals surface area contributed by atoms with E-state index in [2.05, 4.69) is 4.72 Å². The monoisotopic (exact) mass is 307 g/mol. The Morgan fingerprint density at radius 3 is 2.05 bits per heavy atom. The maximum atomic E-state index is 13.5. The van der Waals surface area contributed by atoms with Crippen LogP contribution >= 0.6 is 0 Å². The summed E-state index contributed by atoms with van der Waals surface area (Å²) in [6.07, 6.45) is 1.01. The van der Waals surface area contributed by atoms with Crippen molar-refractivity contribution in [2.75, 3.05) is 0 Å².